The maximum atomic E-state index is 11.8. The van der Waals surface area contributed by atoms with Crippen molar-refractivity contribution in [1.29, 1.82) is 0 Å². The summed E-state index contributed by atoms with van der Waals surface area (Å²) in [6.45, 7) is 1.90. The van der Waals surface area contributed by atoms with E-state index in [9.17, 15) is 4.79 Å². The van der Waals surface area contributed by atoms with Gasteiger partial charge in [-0.25, -0.2) is 4.98 Å². The molecule has 1 aliphatic carbocycles. The number of pyridine rings is 1. The monoisotopic (exact) mass is 268 g/mol. The minimum absolute atomic E-state index is 0.0512. The first-order chi connectivity index (χ1) is 7.16. The molecule has 1 aliphatic rings. The first-order valence-corrected chi connectivity index (χ1v) is 5.89. The first-order valence-electron chi connectivity index (χ1n) is 5.10. The predicted octanol–water partition coefficient (Wildman–Crippen LogP) is 2.43. The van der Waals surface area contributed by atoms with Crippen LogP contribution in [-0.2, 0) is 0 Å². The standard InChI is InChI=1S/C11H13BrN2O/c1-7-5-8(12)6-13-10(7)11(15)14-9-3-2-4-9/h5-6,9H,2-4H2,1H3,(H,14,15). The van der Waals surface area contributed by atoms with E-state index in [0.29, 0.717) is 11.7 Å². The van der Waals surface area contributed by atoms with E-state index in [4.69, 9.17) is 0 Å². The molecule has 1 aromatic rings. The van der Waals surface area contributed by atoms with Crippen molar-refractivity contribution in [3.05, 3.63) is 28.0 Å². The average molecular weight is 269 g/mol. The lowest BCUT2D eigenvalue weighted by atomic mass is 9.93. The zero-order valence-corrected chi connectivity index (χ0v) is 10.2. The van der Waals surface area contributed by atoms with E-state index in [2.05, 4.69) is 26.2 Å². The summed E-state index contributed by atoms with van der Waals surface area (Å²) in [5.74, 6) is -0.0512. The minimum atomic E-state index is -0.0512. The van der Waals surface area contributed by atoms with Gasteiger partial charge in [0.05, 0.1) is 0 Å². The van der Waals surface area contributed by atoms with Gasteiger partial charge in [-0.3, -0.25) is 4.79 Å². The molecule has 0 bridgehead atoms. The van der Waals surface area contributed by atoms with Crippen molar-refractivity contribution in [2.45, 2.75) is 32.2 Å². The van der Waals surface area contributed by atoms with Gasteiger partial charge in [0.15, 0.2) is 0 Å². The number of nitrogens with zero attached hydrogens (tertiary/aromatic N) is 1. The van der Waals surface area contributed by atoms with E-state index in [0.717, 1.165) is 22.9 Å². The number of aryl methyl sites for hydroxylation is 1. The van der Waals surface area contributed by atoms with Crippen LogP contribution in [0.25, 0.3) is 0 Å². The zero-order chi connectivity index (χ0) is 10.8. The maximum Gasteiger partial charge on any atom is 0.270 e. The number of aromatic nitrogens is 1. The van der Waals surface area contributed by atoms with Crippen LogP contribution < -0.4 is 5.32 Å². The van der Waals surface area contributed by atoms with Gasteiger partial charge in [0.1, 0.15) is 5.69 Å². The lowest BCUT2D eigenvalue weighted by molar-refractivity contribution is 0.0911. The molecule has 4 heteroatoms. The topological polar surface area (TPSA) is 42.0 Å². The van der Waals surface area contributed by atoms with Gasteiger partial charge in [-0.1, -0.05) is 0 Å². The molecular weight excluding hydrogens is 256 g/mol. The Hall–Kier alpha value is -0.900. The second-order valence-corrected chi connectivity index (χ2v) is 4.84. The lowest BCUT2D eigenvalue weighted by Gasteiger charge is -2.26. The molecule has 3 nitrogen and oxygen atoms in total. The molecule has 0 saturated heterocycles. The molecule has 15 heavy (non-hydrogen) atoms. The van der Waals surface area contributed by atoms with Crippen LogP contribution in [0, 0.1) is 6.92 Å². The Morgan fingerprint density at radius 2 is 2.33 bits per heavy atom. The molecule has 1 saturated carbocycles. The number of carbonyl (C=O) groups excluding carboxylic acids is 1. The summed E-state index contributed by atoms with van der Waals surface area (Å²) in [7, 11) is 0. The molecule has 1 N–H and O–H groups in total. The number of nitrogens with one attached hydrogen (secondary N) is 1. The SMILES string of the molecule is Cc1cc(Br)cnc1C(=O)NC1CCC1. The number of hydrogen-bond acceptors (Lipinski definition) is 2. The van der Waals surface area contributed by atoms with E-state index < -0.39 is 0 Å². The molecular formula is C11H13BrN2O. The van der Waals surface area contributed by atoms with Crippen LogP contribution in [0.15, 0.2) is 16.7 Å². The van der Waals surface area contributed by atoms with Crippen molar-refractivity contribution in [1.82, 2.24) is 10.3 Å². The molecule has 0 radical (unpaired) electrons. The smallest absolute Gasteiger partial charge is 0.270 e. The van der Waals surface area contributed by atoms with Gasteiger partial charge < -0.3 is 5.32 Å². The van der Waals surface area contributed by atoms with E-state index in [-0.39, 0.29) is 5.91 Å². The molecule has 0 spiro atoms. The molecule has 80 valence electrons. The average Bonchev–Trinajstić information content (AvgIpc) is 2.11. The summed E-state index contributed by atoms with van der Waals surface area (Å²) < 4.78 is 0.903. The highest BCUT2D eigenvalue weighted by Gasteiger charge is 2.21. The molecule has 1 aromatic heterocycles. The van der Waals surface area contributed by atoms with Gasteiger partial charge in [0.2, 0.25) is 0 Å². The van der Waals surface area contributed by atoms with Gasteiger partial charge in [-0.05, 0) is 53.7 Å². The summed E-state index contributed by atoms with van der Waals surface area (Å²) in [5.41, 5.74) is 1.44. The molecule has 2 rings (SSSR count). The normalized spacial score (nSPS) is 15.9. The molecule has 0 aliphatic heterocycles. The third kappa shape index (κ3) is 2.37. The number of rotatable bonds is 2. The molecule has 1 amide bonds. The van der Waals surface area contributed by atoms with Gasteiger partial charge in [0, 0.05) is 16.7 Å². The summed E-state index contributed by atoms with van der Waals surface area (Å²) >= 11 is 3.33. The van der Waals surface area contributed by atoms with Crippen LogP contribution in [0.2, 0.25) is 0 Å². The quantitative estimate of drug-likeness (QED) is 0.895. The van der Waals surface area contributed by atoms with Gasteiger partial charge in [0.25, 0.3) is 5.91 Å². The molecule has 0 atom stereocenters. The predicted molar refractivity (Wildman–Crippen MR) is 61.8 cm³/mol. The highest BCUT2D eigenvalue weighted by atomic mass is 79.9. The lowest BCUT2D eigenvalue weighted by Crippen LogP contribution is -2.40. The second-order valence-electron chi connectivity index (χ2n) is 3.92. The maximum absolute atomic E-state index is 11.8. The van der Waals surface area contributed by atoms with E-state index in [1.165, 1.54) is 6.42 Å². The Morgan fingerprint density at radius 1 is 1.60 bits per heavy atom. The van der Waals surface area contributed by atoms with E-state index in [1.54, 1.807) is 6.20 Å². The zero-order valence-electron chi connectivity index (χ0n) is 8.59. The fraction of sp³-hybridized carbons (Fsp3) is 0.455. The largest absolute Gasteiger partial charge is 0.348 e. The van der Waals surface area contributed by atoms with Crippen molar-refractivity contribution >= 4 is 21.8 Å². The van der Waals surface area contributed by atoms with Crippen LogP contribution in [0.3, 0.4) is 0 Å². The van der Waals surface area contributed by atoms with Crippen molar-refractivity contribution < 1.29 is 4.79 Å². The van der Waals surface area contributed by atoms with Crippen molar-refractivity contribution in [3.8, 4) is 0 Å². The third-order valence-corrected chi connectivity index (χ3v) is 3.13. The molecule has 1 heterocycles. The van der Waals surface area contributed by atoms with Crippen LogP contribution in [0.4, 0.5) is 0 Å². The van der Waals surface area contributed by atoms with Crippen molar-refractivity contribution in [2.24, 2.45) is 0 Å². The highest BCUT2D eigenvalue weighted by Crippen LogP contribution is 2.19. The Bertz CT molecular complexity index is 388. The molecule has 1 fully saturated rings. The number of carbonyl (C=O) groups is 1. The summed E-state index contributed by atoms with van der Waals surface area (Å²) in [6, 6.07) is 2.27. The van der Waals surface area contributed by atoms with Crippen LogP contribution >= 0.6 is 15.9 Å². The van der Waals surface area contributed by atoms with Crippen LogP contribution in [0.5, 0.6) is 0 Å². The first kappa shape index (κ1) is 10.6. The van der Waals surface area contributed by atoms with E-state index in [1.807, 2.05) is 13.0 Å². The van der Waals surface area contributed by atoms with Gasteiger partial charge in [-0.2, -0.15) is 0 Å². The third-order valence-electron chi connectivity index (χ3n) is 2.70. The Labute approximate surface area is 97.4 Å². The summed E-state index contributed by atoms with van der Waals surface area (Å²) in [6.07, 6.45) is 5.07. The fourth-order valence-electron chi connectivity index (χ4n) is 1.58. The Kier molecular flexibility index (Phi) is 3.05. The molecule has 0 aromatic carbocycles. The van der Waals surface area contributed by atoms with E-state index >= 15 is 0 Å². The highest BCUT2D eigenvalue weighted by molar-refractivity contribution is 9.10. The second kappa shape index (κ2) is 4.31. The molecule has 0 unspecified atom stereocenters. The summed E-state index contributed by atoms with van der Waals surface area (Å²) in [4.78, 5) is 15.9. The summed E-state index contributed by atoms with van der Waals surface area (Å²) in [5, 5.41) is 2.98. The van der Waals surface area contributed by atoms with Gasteiger partial charge >= 0.3 is 0 Å². The number of amides is 1. The fourth-order valence-corrected chi connectivity index (χ4v) is 2.03. The van der Waals surface area contributed by atoms with Crippen molar-refractivity contribution in [2.75, 3.05) is 0 Å². The van der Waals surface area contributed by atoms with Gasteiger partial charge in [-0.15, -0.1) is 0 Å². The van der Waals surface area contributed by atoms with Crippen LogP contribution in [-0.4, -0.2) is 16.9 Å². The number of halogens is 1. The van der Waals surface area contributed by atoms with Crippen molar-refractivity contribution in [3.63, 3.8) is 0 Å². The minimum Gasteiger partial charge on any atom is -0.348 e. The van der Waals surface area contributed by atoms with Crippen LogP contribution in [0.1, 0.15) is 35.3 Å². The Morgan fingerprint density at radius 3 is 2.87 bits per heavy atom. The number of hydrogen-bond donors (Lipinski definition) is 1. The Balaban J connectivity index is 2.10.